The molecule has 5 rings (SSSR count). The molecule has 2 aromatic carbocycles. The van der Waals surface area contributed by atoms with Crippen LogP contribution in [0.2, 0.25) is 0 Å². The molecule has 0 unspecified atom stereocenters. The fourth-order valence-electron chi connectivity index (χ4n) is 5.58. The molecule has 0 atom stereocenters. The summed E-state index contributed by atoms with van der Waals surface area (Å²) in [6.45, 7) is 0.682. The molecule has 8 heteroatoms. The van der Waals surface area contributed by atoms with E-state index in [2.05, 4.69) is 31.9 Å². The summed E-state index contributed by atoms with van der Waals surface area (Å²) in [6, 6.07) is 13.7. The van der Waals surface area contributed by atoms with Crippen molar-refractivity contribution in [3.63, 3.8) is 0 Å². The fraction of sp³-hybridized carbons (Fsp3) is 0.345. The molecule has 0 saturated heterocycles. The van der Waals surface area contributed by atoms with Gasteiger partial charge >= 0.3 is 5.97 Å². The topological polar surface area (TPSA) is 83.9 Å². The quantitative estimate of drug-likeness (QED) is 0.368. The number of carbonyl (C=O) groups is 3. The molecule has 0 fully saturated rings. The van der Waals surface area contributed by atoms with Crippen molar-refractivity contribution in [2.24, 2.45) is 0 Å². The van der Waals surface area contributed by atoms with E-state index in [4.69, 9.17) is 4.74 Å². The van der Waals surface area contributed by atoms with Crippen LogP contribution in [0, 0.1) is 0 Å². The number of rotatable bonds is 7. The maximum Gasteiger partial charge on any atom is 0.305 e. The summed E-state index contributed by atoms with van der Waals surface area (Å²) in [5.41, 5.74) is 5.00. The van der Waals surface area contributed by atoms with Crippen LogP contribution in [0.15, 0.2) is 74.0 Å². The van der Waals surface area contributed by atoms with Crippen molar-refractivity contribution in [1.82, 2.24) is 4.90 Å². The second-order valence-electron chi connectivity index (χ2n) is 9.61. The van der Waals surface area contributed by atoms with E-state index in [1.165, 1.54) is 0 Å². The number of Topliss-reactive ketones (excluding diaryl/α,β-unsaturated/α-hetero) is 2. The zero-order valence-corrected chi connectivity index (χ0v) is 23.4. The van der Waals surface area contributed by atoms with Crippen LogP contribution in [-0.2, 0) is 21.0 Å². The molecule has 1 N–H and O–H groups in total. The third-order valence-corrected chi connectivity index (χ3v) is 8.38. The highest BCUT2D eigenvalue weighted by atomic mass is 79.9. The van der Waals surface area contributed by atoms with Crippen LogP contribution in [0.25, 0.3) is 0 Å². The van der Waals surface area contributed by atoms with Crippen LogP contribution < -0.4 is 4.74 Å². The van der Waals surface area contributed by atoms with Gasteiger partial charge in [-0.1, -0.05) is 34.1 Å². The van der Waals surface area contributed by atoms with Crippen LogP contribution in [0.4, 0.5) is 0 Å². The van der Waals surface area contributed by atoms with Crippen LogP contribution in [0.3, 0.4) is 0 Å². The average molecular weight is 629 g/mol. The maximum atomic E-state index is 13.3. The molecular formula is C29H27Br2NO5. The Morgan fingerprint density at radius 2 is 1.54 bits per heavy atom. The molecular weight excluding hydrogens is 602 g/mol. The molecule has 192 valence electrons. The number of ether oxygens (including phenoxy) is 1. The summed E-state index contributed by atoms with van der Waals surface area (Å²) < 4.78 is 7.81. The van der Waals surface area contributed by atoms with E-state index in [1.54, 1.807) is 0 Å². The average Bonchev–Trinajstić information content (AvgIpc) is 2.87. The van der Waals surface area contributed by atoms with Crippen molar-refractivity contribution in [2.75, 3.05) is 6.54 Å². The van der Waals surface area contributed by atoms with E-state index in [-0.39, 0.29) is 24.5 Å². The molecule has 0 bridgehead atoms. The van der Waals surface area contributed by atoms with Gasteiger partial charge in [0.2, 0.25) is 0 Å². The molecule has 0 aromatic heterocycles. The number of halogens is 2. The van der Waals surface area contributed by atoms with Crippen molar-refractivity contribution in [3.8, 4) is 5.75 Å². The number of aliphatic carboxylic acids is 1. The summed E-state index contributed by atoms with van der Waals surface area (Å²) in [5.74, 6) is -0.563. The predicted molar refractivity (Wildman–Crippen MR) is 146 cm³/mol. The van der Waals surface area contributed by atoms with Crippen LogP contribution in [0.1, 0.15) is 62.0 Å². The van der Waals surface area contributed by atoms with E-state index in [1.807, 2.05) is 47.4 Å². The highest BCUT2D eigenvalue weighted by Crippen LogP contribution is 2.49. The van der Waals surface area contributed by atoms with Gasteiger partial charge in [0.1, 0.15) is 12.4 Å². The Bertz CT molecular complexity index is 1280. The number of hydrogen-bond acceptors (Lipinski definition) is 5. The molecule has 2 aromatic rings. The molecule has 0 spiro atoms. The molecule has 0 saturated carbocycles. The lowest BCUT2D eigenvalue weighted by molar-refractivity contribution is -0.137. The number of ketones is 2. The first-order valence-corrected chi connectivity index (χ1v) is 14.1. The second kappa shape index (κ2) is 11.0. The number of carboxylic acids is 1. The van der Waals surface area contributed by atoms with Crippen molar-refractivity contribution in [2.45, 2.75) is 57.5 Å². The molecule has 37 heavy (non-hydrogen) atoms. The van der Waals surface area contributed by atoms with E-state index >= 15 is 0 Å². The molecule has 3 aliphatic rings. The van der Waals surface area contributed by atoms with Crippen molar-refractivity contribution in [1.29, 1.82) is 0 Å². The van der Waals surface area contributed by atoms with E-state index in [0.29, 0.717) is 49.2 Å². The van der Waals surface area contributed by atoms with Gasteiger partial charge in [0.25, 0.3) is 0 Å². The Balaban J connectivity index is 1.52. The Hall–Kier alpha value is -2.71. The van der Waals surface area contributed by atoms with Gasteiger partial charge in [-0.25, -0.2) is 0 Å². The minimum atomic E-state index is -0.890. The van der Waals surface area contributed by atoms with Gasteiger partial charge in [0, 0.05) is 52.3 Å². The lowest BCUT2D eigenvalue weighted by Gasteiger charge is -2.44. The van der Waals surface area contributed by atoms with E-state index in [0.717, 1.165) is 44.3 Å². The lowest BCUT2D eigenvalue weighted by atomic mass is 9.71. The smallest absolute Gasteiger partial charge is 0.305 e. The zero-order valence-electron chi connectivity index (χ0n) is 20.3. The van der Waals surface area contributed by atoms with Gasteiger partial charge in [0.05, 0.1) is 10.9 Å². The fourth-order valence-corrected chi connectivity index (χ4v) is 6.36. The predicted octanol–water partition coefficient (Wildman–Crippen LogP) is 6.68. The van der Waals surface area contributed by atoms with Crippen molar-refractivity contribution in [3.05, 3.63) is 85.1 Å². The number of hydrogen-bond donors (Lipinski definition) is 1. The summed E-state index contributed by atoms with van der Waals surface area (Å²) in [7, 11) is 0. The molecule has 0 radical (unpaired) electrons. The number of nitrogens with zero attached hydrogens (tertiary/aromatic N) is 1. The number of benzene rings is 2. The summed E-state index contributed by atoms with van der Waals surface area (Å²) in [4.78, 5) is 40.0. The largest absolute Gasteiger partial charge is 0.488 e. The van der Waals surface area contributed by atoms with Gasteiger partial charge in [-0.05, 0) is 77.0 Å². The van der Waals surface area contributed by atoms with Gasteiger partial charge < -0.3 is 14.7 Å². The Morgan fingerprint density at radius 3 is 2.11 bits per heavy atom. The summed E-state index contributed by atoms with van der Waals surface area (Å²) >= 11 is 7.09. The Morgan fingerprint density at radius 1 is 0.919 bits per heavy atom. The van der Waals surface area contributed by atoms with Crippen molar-refractivity contribution >= 4 is 49.4 Å². The number of carboxylic acid groups (broad SMARTS) is 1. The van der Waals surface area contributed by atoms with Crippen molar-refractivity contribution < 1.29 is 24.2 Å². The first-order valence-electron chi connectivity index (χ1n) is 12.5. The van der Waals surface area contributed by atoms with Crippen LogP contribution in [0.5, 0.6) is 5.75 Å². The van der Waals surface area contributed by atoms with Crippen LogP contribution in [-0.4, -0.2) is 34.1 Å². The van der Waals surface area contributed by atoms with Crippen LogP contribution >= 0.6 is 31.9 Å². The van der Waals surface area contributed by atoms with Gasteiger partial charge in [-0.3, -0.25) is 14.4 Å². The first-order chi connectivity index (χ1) is 17.8. The SMILES string of the molecule is O=C(O)CCN1C2=C(C(=O)CCC2)C(c2ccc(OCc3ccc(Br)cc3)c(Br)c2)C2=C1CCCC2=O. The Kier molecular flexibility index (Phi) is 7.67. The van der Waals surface area contributed by atoms with Gasteiger partial charge in [-0.15, -0.1) is 0 Å². The van der Waals surface area contributed by atoms with E-state index < -0.39 is 11.9 Å². The monoisotopic (exact) mass is 627 g/mol. The molecule has 1 aliphatic heterocycles. The van der Waals surface area contributed by atoms with Gasteiger partial charge in [0.15, 0.2) is 11.6 Å². The van der Waals surface area contributed by atoms with E-state index in [9.17, 15) is 19.5 Å². The number of allylic oxidation sites excluding steroid dienone is 4. The third-order valence-electron chi connectivity index (χ3n) is 7.23. The number of carbonyl (C=O) groups excluding carboxylic acids is 2. The highest BCUT2D eigenvalue weighted by Gasteiger charge is 2.43. The second-order valence-corrected chi connectivity index (χ2v) is 11.4. The lowest BCUT2D eigenvalue weighted by Crippen LogP contribution is -2.39. The normalized spacial score (nSPS) is 18.2. The summed E-state index contributed by atoms with van der Waals surface area (Å²) in [5, 5.41) is 9.34. The third kappa shape index (κ3) is 5.32. The minimum Gasteiger partial charge on any atom is -0.488 e. The maximum absolute atomic E-state index is 13.3. The highest BCUT2D eigenvalue weighted by molar-refractivity contribution is 9.10. The minimum absolute atomic E-state index is 0.0446. The molecule has 1 heterocycles. The zero-order chi connectivity index (χ0) is 26.1. The molecule has 6 nitrogen and oxygen atoms in total. The van der Waals surface area contributed by atoms with Gasteiger partial charge in [-0.2, -0.15) is 0 Å². The molecule has 0 amide bonds. The first kappa shape index (κ1) is 25.9. The summed E-state index contributed by atoms with van der Waals surface area (Å²) in [6.07, 6.45) is 3.71. The standard InChI is InChI=1S/C29H27Br2NO5/c30-19-10-7-17(8-11-19)16-37-25-12-9-18(15-20(25)31)27-28-21(3-1-5-23(28)33)32(14-13-26(35)36)22-4-2-6-24(34)29(22)27/h7-12,15,27H,1-6,13-14,16H2,(H,35,36). The molecule has 2 aliphatic carbocycles. The Labute approximate surface area is 232 Å².